The van der Waals surface area contributed by atoms with Crippen molar-refractivity contribution in [3.8, 4) is 6.01 Å². The second-order valence-corrected chi connectivity index (χ2v) is 4.76. The number of nitrogens with zero attached hydrogens (tertiary/aromatic N) is 3. The van der Waals surface area contributed by atoms with E-state index in [0.717, 1.165) is 6.42 Å². The molecule has 0 saturated heterocycles. The van der Waals surface area contributed by atoms with Crippen LogP contribution in [-0.2, 0) is 0 Å². The van der Waals surface area contributed by atoms with Crippen LogP contribution in [0.15, 0.2) is 22.7 Å². The van der Waals surface area contributed by atoms with Gasteiger partial charge in [0.25, 0.3) is 0 Å². The van der Waals surface area contributed by atoms with Gasteiger partial charge >= 0.3 is 6.01 Å². The van der Waals surface area contributed by atoms with E-state index in [4.69, 9.17) is 10.5 Å². The lowest BCUT2D eigenvalue weighted by atomic mass is 10.3. The van der Waals surface area contributed by atoms with Gasteiger partial charge in [0.1, 0.15) is 5.82 Å². The summed E-state index contributed by atoms with van der Waals surface area (Å²) < 4.78 is 18.8. The quantitative estimate of drug-likeness (QED) is 0.869. The van der Waals surface area contributed by atoms with Crippen molar-refractivity contribution < 1.29 is 9.13 Å². The van der Waals surface area contributed by atoms with Crippen molar-refractivity contribution in [3.63, 3.8) is 0 Å². The van der Waals surface area contributed by atoms with Crippen molar-refractivity contribution in [2.24, 2.45) is 0 Å². The number of rotatable bonds is 5. The lowest BCUT2D eigenvalue weighted by Gasteiger charge is -2.08. The number of hydrogen-bond donors (Lipinski definition) is 2. The molecule has 1 heterocycles. The lowest BCUT2D eigenvalue weighted by molar-refractivity contribution is 0.292. The molecule has 0 aliphatic rings. The molecule has 3 N–H and O–H groups in total. The Morgan fingerprint density at radius 2 is 2.15 bits per heavy atom. The summed E-state index contributed by atoms with van der Waals surface area (Å²) in [6.07, 6.45) is 0.833. The summed E-state index contributed by atoms with van der Waals surface area (Å²) in [5.74, 6) is -0.0606. The number of hydrogen-bond acceptors (Lipinski definition) is 6. The maximum Gasteiger partial charge on any atom is 0.323 e. The Balaban J connectivity index is 2.19. The van der Waals surface area contributed by atoms with Crippen molar-refractivity contribution in [1.82, 2.24) is 15.0 Å². The summed E-state index contributed by atoms with van der Waals surface area (Å²) in [6, 6.07) is 4.61. The van der Waals surface area contributed by atoms with Crippen LogP contribution in [0.5, 0.6) is 6.01 Å². The topological polar surface area (TPSA) is 86.0 Å². The molecule has 8 heteroatoms. The second-order valence-electron chi connectivity index (χ2n) is 3.90. The van der Waals surface area contributed by atoms with Gasteiger partial charge in [-0.05, 0) is 40.5 Å². The molecule has 1 aromatic heterocycles. The molecule has 1 aromatic carbocycles. The van der Waals surface area contributed by atoms with E-state index >= 15 is 0 Å². The van der Waals surface area contributed by atoms with Crippen molar-refractivity contribution in [2.45, 2.75) is 13.3 Å². The fourth-order valence-corrected chi connectivity index (χ4v) is 1.77. The fraction of sp³-hybridized carbons (Fsp3) is 0.250. The van der Waals surface area contributed by atoms with E-state index in [0.29, 0.717) is 16.8 Å². The first-order valence-electron chi connectivity index (χ1n) is 5.95. The first-order chi connectivity index (χ1) is 9.58. The summed E-state index contributed by atoms with van der Waals surface area (Å²) >= 11 is 3.10. The molecule has 0 amide bonds. The Bertz CT molecular complexity index is 610. The molecule has 20 heavy (non-hydrogen) atoms. The van der Waals surface area contributed by atoms with Crippen LogP contribution in [0.1, 0.15) is 13.3 Å². The van der Waals surface area contributed by atoms with Gasteiger partial charge in [-0.25, -0.2) is 4.39 Å². The van der Waals surface area contributed by atoms with E-state index in [1.54, 1.807) is 12.1 Å². The standard InChI is InChI=1S/C12H13BrFN5O/c1-2-5-20-12-18-10(15)17-11(19-12)16-7-3-4-9(14)8(13)6-7/h3-4,6H,2,5H2,1H3,(H3,15,16,17,18,19). The molecule has 2 aromatic rings. The van der Waals surface area contributed by atoms with E-state index in [-0.39, 0.29) is 23.7 Å². The number of nitrogens with one attached hydrogen (secondary N) is 1. The monoisotopic (exact) mass is 341 g/mol. The van der Waals surface area contributed by atoms with Gasteiger partial charge in [0, 0.05) is 5.69 Å². The van der Waals surface area contributed by atoms with Crippen molar-refractivity contribution >= 4 is 33.5 Å². The summed E-state index contributed by atoms with van der Waals surface area (Å²) in [7, 11) is 0. The van der Waals surface area contributed by atoms with Crippen LogP contribution in [0.4, 0.5) is 22.0 Å². The summed E-state index contributed by atoms with van der Waals surface area (Å²) in [5.41, 5.74) is 6.20. The first kappa shape index (κ1) is 14.4. The Labute approximate surface area is 123 Å². The molecule has 2 rings (SSSR count). The molecule has 0 atom stereocenters. The fourth-order valence-electron chi connectivity index (χ4n) is 1.39. The van der Waals surface area contributed by atoms with Gasteiger partial charge in [-0.2, -0.15) is 15.0 Å². The van der Waals surface area contributed by atoms with E-state index in [9.17, 15) is 4.39 Å². The number of aromatic nitrogens is 3. The minimum Gasteiger partial charge on any atom is -0.463 e. The van der Waals surface area contributed by atoms with Gasteiger partial charge in [0.15, 0.2) is 0 Å². The molecule has 106 valence electrons. The zero-order valence-electron chi connectivity index (χ0n) is 10.7. The highest BCUT2D eigenvalue weighted by molar-refractivity contribution is 9.10. The van der Waals surface area contributed by atoms with E-state index in [1.807, 2.05) is 6.92 Å². The molecule has 0 fully saturated rings. The SMILES string of the molecule is CCCOc1nc(N)nc(Nc2ccc(F)c(Br)c2)n1. The molecular weight excluding hydrogens is 329 g/mol. The Kier molecular flexibility index (Phi) is 4.67. The third kappa shape index (κ3) is 3.77. The maximum absolute atomic E-state index is 13.1. The largest absolute Gasteiger partial charge is 0.463 e. The minimum absolute atomic E-state index is 0.0507. The normalized spacial score (nSPS) is 10.3. The highest BCUT2D eigenvalue weighted by Gasteiger charge is 2.07. The van der Waals surface area contributed by atoms with Crippen LogP contribution in [0.2, 0.25) is 0 Å². The number of halogens is 2. The van der Waals surface area contributed by atoms with Crippen LogP contribution in [-0.4, -0.2) is 21.6 Å². The van der Waals surface area contributed by atoms with Crippen LogP contribution < -0.4 is 15.8 Å². The van der Waals surface area contributed by atoms with Gasteiger partial charge in [0.2, 0.25) is 11.9 Å². The summed E-state index contributed by atoms with van der Waals surface area (Å²) in [6.45, 7) is 2.46. The molecule has 6 nitrogen and oxygen atoms in total. The Hall–Kier alpha value is -1.96. The van der Waals surface area contributed by atoms with Gasteiger partial charge in [-0.15, -0.1) is 0 Å². The smallest absolute Gasteiger partial charge is 0.323 e. The van der Waals surface area contributed by atoms with Crippen LogP contribution in [0.25, 0.3) is 0 Å². The highest BCUT2D eigenvalue weighted by atomic mass is 79.9. The predicted octanol–water partition coefficient (Wildman–Crippen LogP) is 2.89. The predicted molar refractivity (Wildman–Crippen MR) is 77.4 cm³/mol. The minimum atomic E-state index is -0.349. The Morgan fingerprint density at radius 1 is 1.35 bits per heavy atom. The van der Waals surface area contributed by atoms with Gasteiger partial charge in [-0.1, -0.05) is 6.92 Å². The van der Waals surface area contributed by atoms with E-state index in [1.165, 1.54) is 6.07 Å². The molecule has 0 unspecified atom stereocenters. The van der Waals surface area contributed by atoms with Gasteiger partial charge in [0.05, 0.1) is 11.1 Å². The maximum atomic E-state index is 13.1. The Morgan fingerprint density at radius 3 is 2.85 bits per heavy atom. The molecule has 0 spiro atoms. The van der Waals surface area contributed by atoms with Crippen molar-refractivity contribution in [2.75, 3.05) is 17.7 Å². The van der Waals surface area contributed by atoms with Gasteiger partial charge in [-0.3, -0.25) is 0 Å². The number of ether oxygens (including phenoxy) is 1. The summed E-state index contributed by atoms with van der Waals surface area (Å²) in [4.78, 5) is 11.9. The molecule has 0 bridgehead atoms. The molecular formula is C12H13BrFN5O. The van der Waals surface area contributed by atoms with E-state index in [2.05, 4.69) is 36.2 Å². The lowest BCUT2D eigenvalue weighted by Crippen LogP contribution is -2.07. The average molecular weight is 342 g/mol. The molecule has 0 aliphatic heterocycles. The van der Waals surface area contributed by atoms with Crippen LogP contribution in [0.3, 0.4) is 0 Å². The number of nitrogens with two attached hydrogens (primary N) is 1. The zero-order valence-corrected chi connectivity index (χ0v) is 12.3. The van der Waals surface area contributed by atoms with Crippen LogP contribution in [0, 0.1) is 5.82 Å². The highest BCUT2D eigenvalue weighted by Crippen LogP contribution is 2.22. The van der Waals surface area contributed by atoms with E-state index < -0.39 is 0 Å². The summed E-state index contributed by atoms with van der Waals surface area (Å²) in [5, 5.41) is 2.91. The third-order valence-electron chi connectivity index (χ3n) is 2.24. The van der Waals surface area contributed by atoms with Crippen molar-refractivity contribution in [3.05, 3.63) is 28.5 Å². The third-order valence-corrected chi connectivity index (χ3v) is 2.85. The van der Waals surface area contributed by atoms with Crippen molar-refractivity contribution in [1.29, 1.82) is 0 Å². The molecule has 0 aliphatic carbocycles. The van der Waals surface area contributed by atoms with Crippen LogP contribution >= 0.6 is 15.9 Å². The first-order valence-corrected chi connectivity index (χ1v) is 6.74. The number of nitrogen functional groups attached to an aromatic ring is 1. The molecule has 0 saturated carbocycles. The average Bonchev–Trinajstić information content (AvgIpc) is 2.40. The van der Waals surface area contributed by atoms with Gasteiger partial charge < -0.3 is 15.8 Å². The number of anilines is 3. The second kappa shape index (κ2) is 6.47. The number of benzene rings is 1. The molecule has 0 radical (unpaired) electrons. The zero-order chi connectivity index (χ0) is 14.5.